The molecule has 0 spiro atoms. The van der Waals surface area contributed by atoms with Crippen LogP contribution in [0.3, 0.4) is 0 Å². The molecule has 0 aliphatic carbocycles. The van der Waals surface area contributed by atoms with Crippen molar-refractivity contribution in [1.29, 1.82) is 0 Å². The monoisotopic (exact) mass is 310 g/mol. The normalized spacial score (nSPS) is 10.0. The minimum absolute atomic E-state index is 0. The van der Waals surface area contributed by atoms with E-state index in [1.54, 1.807) is 0 Å². The van der Waals surface area contributed by atoms with Gasteiger partial charge < -0.3 is 12.4 Å². The number of hydrogen-bond donors (Lipinski definition) is 0. The minimum atomic E-state index is 0. The van der Waals surface area contributed by atoms with Crippen molar-refractivity contribution in [1.82, 2.24) is 0 Å². The summed E-state index contributed by atoms with van der Waals surface area (Å²) >= 11 is 6.10. The zero-order valence-electron chi connectivity index (χ0n) is 12.1. The van der Waals surface area contributed by atoms with Crippen molar-refractivity contribution in [3.63, 3.8) is 0 Å². The van der Waals surface area contributed by atoms with E-state index in [0.717, 1.165) is 23.8 Å². The summed E-state index contributed by atoms with van der Waals surface area (Å²) in [5.41, 5.74) is 2.39. The van der Waals surface area contributed by atoms with E-state index < -0.39 is 0 Å². The summed E-state index contributed by atoms with van der Waals surface area (Å²) < 4.78 is 2.25. The van der Waals surface area contributed by atoms with Crippen LogP contribution in [-0.2, 0) is 6.54 Å². The SMILES string of the molecule is CCN(c1cccc(Cl)c1)c1cc(C)cc[n+]1CC.[Cl-]. The Bertz CT molecular complexity index is 570. The smallest absolute Gasteiger partial charge is 0.281 e. The van der Waals surface area contributed by atoms with Gasteiger partial charge in [-0.15, -0.1) is 0 Å². The Morgan fingerprint density at radius 3 is 2.50 bits per heavy atom. The number of rotatable bonds is 4. The van der Waals surface area contributed by atoms with E-state index in [1.807, 2.05) is 18.2 Å². The molecule has 0 bridgehead atoms. The molecule has 2 nitrogen and oxygen atoms in total. The molecule has 0 saturated heterocycles. The average Bonchev–Trinajstić information content (AvgIpc) is 2.40. The van der Waals surface area contributed by atoms with Gasteiger partial charge in [0.1, 0.15) is 5.69 Å². The van der Waals surface area contributed by atoms with Gasteiger partial charge in [0.15, 0.2) is 0 Å². The summed E-state index contributed by atoms with van der Waals surface area (Å²) in [7, 11) is 0. The number of benzene rings is 1. The molecule has 2 aromatic rings. The molecule has 4 heteroatoms. The van der Waals surface area contributed by atoms with Crippen molar-refractivity contribution in [2.24, 2.45) is 0 Å². The van der Waals surface area contributed by atoms with Crippen molar-refractivity contribution in [3.05, 3.63) is 53.2 Å². The second-order valence-corrected chi connectivity index (χ2v) is 5.01. The lowest BCUT2D eigenvalue weighted by atomic mass is 10.2. The number of aryl methyl sites for hydroxylation is 2. The van der Waals surface area contributed by atoms with Crippen LogP contribution < -0.4 is 21.9 Å². The standard InChI is InChI=1S/C16H20ClN2.ClH/c1-4-18-10-9-13(3)11-16(18)19(5-2)15-8-6-7-14(17)12-15;/h6-12H,4-5H2,1-3H3;1H/q+1;/p-1. The average molecular weight is 311 g/mol. The lowest BCUT2D eigenvalue weighted by Gasteiger charge is -2.18. The maximum Gasteiger partial charge on any atom is 0.281 e. The molecule has 0 fully saturated rings. The highest BCUT2D eigenvalue weighted by molar-refractivity contribution is 6.30. The van der Waals surface area contributed by atoms with E-state index in [4.69, 9.17) is 11.6 Å². The van der Waals surface area contributed by atoms with Gasteiger partial charge in [-0.05, 0) is 44.5 Å². The molecule has 0 atom stereocenters. The molecule has 0 amide bonds. The Kier molecular flexibility index (Phi) is 6.31. The van der Waals surface area contributed by atoms with Crippen LogP contribution in [0.25, 0.3) is 0 Å². The number of aromatic nitrogens is 1. The van der Waals surface area contributed by atoms with Crippen LogP contribution in [0.2, 0.25) is 5.02 Å². The van der Waals surface area contributed by atoms with E-state index in [0.29, 0.717) is 0 Å². The first-order chi connectivity index (χ1) is 9.15. The van der Waals surface area contributed by atoms with Crippen molar-refractivity contribution in [3.8, 4) is 0 Å². The topological polar surface area (TPSA) is 7.12 Å². The lowest BCUT2D eigenvalue weighted by Crippen LogP contribution is -3.00. The van der Waals surface area contributed by atoms with E-state index in [9.17, 15) is 0 Å². The number of hydrogen-bond acceptors (Lipinski definition) is 1. The molecule has 0 saturated carbocycles. The third kappa shape index (κ3) is 3.65. The fourth-order valence-electron chi connectivity index (χ4n) is 2.24. The molecule has 1 aromatic heterocycles. The minimum Gasteiger partial charge on any atom is -1.00 e. The highest BCUT2D eigenvalue weighted by Crippen LogP contribution is 2.25. The van der Waals surface area contributed by atoms with Crippen molar-refractivity contribution < 1.29 is 17.0 Å². The van der Waals surface area contributed by atoms with Gasteiger partial charge in [0, 0.05) is 17.2 Å². The summed E-state index contributed by atoms with van der Waals surface area (Å²) in [6.45, 7) is 8.29. The van der Waals surface area contributed by atoms with Crippen molar-refractivity contribution in [2.75, 3.05) is 11.4 Å². The maximum absolute atomic E-state index is 6.10. The van der Waals surface area contributed by atoms with Gasteiger partial charge in [-0.1, -0.05) is 17.7 Å². The fourth-order valence-corrected chi connectivity index (χ4v) is 2.42. The first kappa shape index (κ1) is 16.8. The third-order valence-corrected chi connectivity index (χ3v) is 3.46. The molecule has 0 radical (unpaired) electrons. The van der Waals surface area contributed by atoms with Crippen molar-refractivity contribution >= 4 is 23.1 Å². The molecule has 0 aliphatic heterocycles. The van der Waals surface area contributed by atoms with Gasteiger partial charge in [-0.25, -0.2) is 9.47 Å². The highest BCUT2D eigenvalue weighted by Gasteiger charge is 2.19. The Morgan fingerprint density at radius 1 is 1.15 bits per heavy atom. The van der Waals surface area contributed by atoms with E-state index in [2.05, 4.69) is 54.6 Å². The summed E-state index contributed by atoms with van der Waals surface area (Å²) in [5.74, 6) is 1.20. The number of halogens is 2. The van der Waals surface area contributed by atoms with Crippen LogP contribution in [0.15, 0.2) is 42.6 Å². The first-order valence-corrected chi connectivity index (χ1v) is 7.06. The first-order valence-electron chi connectivity index (χ1n) is 6.69. The van der Waals surface area contributed by atoms with Crippen LogP contribution >= 0.6 is 11.6 Å². The maximum atomic E-state index is 6.10. The summed E-state index contributed by atoms with van der Waals surface area (Å²) in [4.78, 5) is 2.28. The highest BCUT2D eigenvalue weighted by atomic mass is 35.5. The van der Waals surface area contributed by atoms with Crippen molar-refractivity contribution in [2.45, 2.75) is 27.3 Å². The Hall–Kier alpha value is -1.25. The predicted molar refractivity (Wildman–Crippen MR) is 81.2 cm³/mol. The van der Waals surface area contributed by atoms with Gasteiger partial charge in [0.05, 0.1) is 19.3 Å². The third-order valence-electron chi connectivity index (χ3n) is 3.22. The molecule has 0 unspecified atom stereocenters. The zero-order chi connectivity index (χ0) is 13.8. The van der Waals surface area contributed by atoms with Gasteiger partial charge in [-0.3, -0.25) is 0 Å². The quantitative estimate of drug-likeness (QED) is 0.768. The largest absolute Gasteiger partial charge is 1.00 e. The van der Waals surface area contributed by atoms with Gasteiger partial charge in [0.25, 0.3) is 5.82 Å². The number of pyridine rings is 1. The molecule has 0 N–H and O–H groups in total. The van der Waals surface area contributed by atoms with E-state index >= 15 is 0 Å². The molecule has 20 heavy (non-hydrogen) atoms. The molecule has 0 aliphatic rings. The van der Waals surface area contributed by atoms with Gasteiger partial charge >= 0.3 is 0 Å². The Morgan fingerprint density at radius 2 is 1.90 bits per heavy atom. The molecule has 2 rings (SSSR count). The summed E-state index contributed by atoms with van der Waals surface area (Å²) in [5, 5.41) is 0.770. The summed E-state index contributed by atoms with van der Waals surface area (Å²) in [6.07, 6.45) is 2.14. The second kappa shape index (κ2) is 7.51. The molecular weight excluding hydrogens is 291 g/mol. The van der Waals surface area contributed by atoms with Crippen LogP contribution in [0.4, 0.5) is 11.5 Å². The Labute approximate surface area is 132 Å². The molecule has 108 valence electrons. The molecule has 1 aromatic carbocycles. The van der Waals surface area contributed by atoms with Crippen LogP contribution in [-0.4, -0.2) is 6.54 Å². The summed E-state index contributed by atoms with van der Waals surface area (Å²) in [6, 6.07) is 12.4. The predicted octanol–water partition coefficient (Wildman–Crippen LogP) is 1.12. The fraction of sp³-hybridized carbons (Fsp3) is 0.312. The molecule has 1 heterocycles. The lowest BCUT2D eigenvalue weighted by molar-refractivity contribution is -0.681. The van der Waals surface area contributed by atoms with E-state index in [1.165, 1.54) is 11.4 Å². The van der Waals surface area contributed by atoms with Crippen LogP contribution in [0, 0.1) is 6.92 Å². The van der Waals surface area contributed by atoms with Gasteiger partial charge in [0.2, 0.25) is 0 Å². The van der Waals surface area contributed by atoms with E-state index in [-0.39, 0.29) is 12.4 Å². The number of nitrogens with zero attached hydrogens (tertiary/aromatic N) is 2. The van der Waals surface area contributed by atoms with Crippen LogP contribution in [0.1, 0.15) is 19.4 Å². The molecular formula is C16H20Cl2N2. The van der Waals surface area contributed by atoms with Crippen LogP contribution in [0.5, 0.6) is 0 Å². The number of anilines is 2. The second-order valence-electron chi connectivity index (χ2n) is 4.57. The Balaban J connectivity index is 0.00000200. The van der Waals surface area contributed by atoms with Gasteiger partial charge in [-0.2, -0.15) is 0 Å². The zero-order valence-corrected chi connectivity index (χ0v) is 13.6.